The van der Waals surface area contributed by atoms with E-state index in [0.29, 0.717) is 27.5 Å². The molecule has 0 atom stereocenters. The number of amides is 2. The molecular formula is C27H26ClN3O2. The van der Waals surface area contributed by atoms with Crippen molar-refractivity contribution in [1.29, 1.82) is 0 Å². The lowest BCUT2D eigenvalue weighted by molar-refractivity contribution is -0.120. The number of nitrogens with zero attached hydrogens (tertiary/aromatic N) is 2. The molecule has 168 valence electrons. The van der Waals surface area contributed by atoms with Gasteiger partial charge in [0, 0.05) is 29.5 Å². The summed E-state index contributed by atoms with van der Waals surface area (Å²) in [4.78, 5) is 30.6. The molecule has 0 bridgehead atoms. The van der Waals surface area contributed by atoms with E-state index in [-0.39, 0.29) is 11.6 Å². The van der Waals surface area contributed by atoms with Crippen LogP contribution in [0.15, 0.2) is 78.5 Å². The van der Waals surface area contributed by atoms with Gasteiger partial charge < -0.3 is 10.2 Å². The van der Waals surface area contributed by atoms with Gasteiger partial charge in [0.05, 0.1) is 11.3 Å². The van der Waals surface area contributed by atoms with Gasteiger partial charge >= 0.3 is 0 Å². The number of rotatable bonds is 7. The molecule has 6 heteroatoms. The van der Waals surface area contributed by atoms with Crippen molar-refractivity contribution in [3.8, 4) is 0 Å². The fourth-order valence-electron chi connectivity index (χ4n) is 4.03. The molecule has 1 N–H and O–H groups in total. The minimum absolute atomic E-state index is 0.240. The van der Waals surface area contributed by atoms with Crippen LogP contribution in [0, 0.1) is 6.92 Å². The van der Waals surface area contributed by atoms with E-state index in [9.17, 15) is 9.59 Å². The third kappa shape index (κ3) is 4.24. The van der Waals surface area contributed by atoms with Gasteiger partial charge in [-0.2, -0.15) is 0 Å². The zero-order valence-corrected chi connectivity index (χ0v) is 19.7. The van der Waals surface area contributed by atoms with Crippen LogP contribution >= 0.6 is 11.6 Å². The predicted molar refractivity (Wildman–Crippen MR) is 136 cm³/mol. The molecule has 1 heterocycles. The lowest BCUT2D eigenvalue weighted by atomic mass is 10.0. The molecular weight excluding hydrogens is 434 g/mol. The highest BCUT2D eigenvalue weighted by molar-refractivity contribution is 6.46. The molecule has 0 spiro atoms. The van der Waals surface area contributed by atoms with Crippen molar-refractivity contribution in [2.24, 2.45) is 0 Å². The molecule has 5 nitrogen and oxygen atoms in total. The number of benzene rings is 3. The van der Waals surface area contributed by atoms with Crippen LogP contribution in [-0.4, -0.2) is 24.9 Å². The molecule has 4 rings (SSSR count). The first-order valence-electron chi connectivity index (χ1n) is 11.0. The van der Waals surface area contributed by atoms with Crippen LogP contribution in [0.1, 0.15) is 25.0 Å². The monoisotopic (exact) mass is 459 g/mol. The molecule has 0 saturated heterocycles. The van der Waals surface area contributed by atoms with Crippen LogP contribution in [-0.2, 0) is 9.59 Å². The van der Waals surface area contributed by atoms with Gasteiger partial charge in [-0.15, -0.1) is 0 Å². The number of hydrogen-bond acceptors (Lipinski definition) is 4. The van der Waals surface area contributed by atoms with E-state index in [2.05, 4.69) is 24.1 Å². The Bertz CT molecular complexity index is 1220. The maximum atomic E-state index is 13.6. The summed E-state index contributed by atoms with van der Waals surface area (Å²) < 4.78 is 0. The lowest BCUT2D eigenvalue weighted by Gasteiger charge is -2.22. The van der Waals surface area contributed by atoms with Crippen LogP contribution in [0.2, 0.25) is 5.02 Å². The van der Waals surface area contributed by atoms with Crippen molar-refractivity contribution in [1.82, 2.24) is 0 Å². The number of halogens is 1. The SMILES string of the molecule is CCN(CC)c1ccc(N2C(=O)C(Nc3cccc(Cl)c3C)=C(c3ccccc3)C2=O)cc1. The minimum atomic E-state index is -0.395. The highest BCUT2D eigenvalue weighted by Crippen LogP contribution is 2.35. The third-order valence-corrected chi connectivity index (χ3v) is 6.32. The van der Waals surface area contributed by atoms with Crippen molar-refractivity contribution in [2.75, 3.05) is 28.2 Å². The van der Waals surface area contributed by atoms with Gasteiger partial charge in [-0.05, 0) is 68.3 Å². The number of anilines is 3. The minimum Gasteiger partial charge on any atom is -0.372 e. The molecule has 0 fully saturated rings. The number of carbonyl (C=O) groups is 2. The van der Waals surface area contributed by atoms with E-state index in [4.69, 9.17) is 11.6 Å². The van der Waals surface area contributed by atoms with Crippen LogP contribution in [0.3, 0.4) is 0 Å². The van der Waals surface area contributed by atoms with Gasteiger partial charge in [0.2, 0.25) is 0 Å². The van der Waals surface area contributed by atoms with E-state index in [1.807, 2.05) is 73.7 Å². The van der Waals surface area contributed by atoms with Crippen molar-refractivity contribution < 1.29 is 9.59 Å². The maximum Gasteiger partial charge on any atom is 0.282 e. The average molecular weight is 460 g/mol. The highest BCUT2D eigenvalue weighted by atomic mass is 35.5. The second kappa shape index (κ2) is 9.51. The Morgan fingerprint density at radius 1 is 0.848 bits per heavy atom. The Morgan fingerprint density at radius 2 is 1.52 bits per heavy atom. The third-order valence-electron chi connectivity index (χ3n) is 5.91. The Kier molecular flexibility index (Phi) is 6.52. The molecule has 0 aliphatic carbocycles. The smallest absolute Gasteiger partial charge is 0.282 e. The second-order valence-electron chi connectivity index (χ2n) is 7.79. The first-order chi connectivity index (χ1) is 16.0. The van der Waals surface area contributed by atoms with Gasteiger partial charge in [-0.3, -0.25) is 9.59 Å². The highest BCUT2D eigenvalue weighted by Gasteiger charge is 2.40. The molecule has 1 aliphatic rings. The largest absolute Gasteiger partial charge is 0.372 e. The van der Waals surface area contributed by atoms with Crippen molar-refractivity contribution in [3.05, 3.63) is 94.6 Å². The zero-order chi connectivity index (χ0) is 23.5. The summed E-state index contributed by atoms with van der Waals surface area (Å²) in [5, 5.41) is 3.79. The quantitative estimate of drug-likeness (QED) is 0.447. The molecule has 33 heavy (non-hydrogen) atoms. The van der Waals surface area contributed by atoms with Crippen LogP contribution in [0.5, 0.6) is 0 Å². The Labute approximate surface area is 199 Å². The van der Waals surface area contributed by atoms with E-state index in [1.165, 1.54) is 4.90 Å². The fraction of sp³-hybridized carbons (Fsp3) is 0.185. The van der Waals surface area contributed by atoms with E-state index in [0.717, 1.165) is 24.3 Å². The second-order valence-corrected chi connectivity index (χ2v) is 8.20. The average Bonchev–Trinajstić information content (AvgIpc) is 3.08. The number of nitrogens with one attached hydrogen (secondary N) is 1. The first kappa shape index (κ1) is 22.6. The van der Waals surface area contributed by atoms with Gasteiger partial charge in [0.25, 0.3) is 11.8 Å². The van der Waals surface area contributed by atoms with Crippen LogP contribution < -0.4 is 15.1 Å². The summed E-state index contributed by atoms with van der Waals surface area (Å²) in [7, 11) is 0. The lowest BCUT2D eigenvalue weighted by Crippen LogP contribution is -2.32. The molecule has 0 unspecified atom stereocenters. The van der Waals surface area contributed by atoms with Crippen molar-refractivity contribution in [2.45, 2.75) is 20.8 Å². The normalized spacial score (nSPS) is 13.6. The van der Waals surface area contributed by atoms with E-state index >= 15 is 0 Å². The van der Waals surface area contributed by atoms with Gasteiger partial charge in [-0.25, -0.2) is 4.90 Å². The molecule has 3 aromatic carbocycles. The summed E-state index contributed by atoms with van der Waals surface area (Å²) >= 11 is 6.28. The van der Waals surface area contributed by atoms with Crippen LogP contribution in [0.25, 0.3) is 5.57 Å². The predicted octanol–water partition coefficient (Wildman–Crippen LogP) is 5.89. The maximum absolute atomic E-state index is 13.6. The summed E-state index contributed by atoms with van der Waals surface area (Å²) in [5.74, 6) is -0.752. The Morgan fingerprint density at radius 3 is 2.15 bits per heavy atom. The Hall–Kier alpha value is -3.57. The summed E-state index contributed by atoms with van der Waals surface area (Å²) in [6.07, 6.45) is 0. The van der Waals surface area contributed by atoms with E-state index < -0.39 is 5.91 Å². The number of carbonyl (C=O) groups excluding carboxylic acids is 2. The molecule has 1 aliphatic heterocycles. The fourth-order valence-corrected chi connectivity index (χ4v) is 4.21. The topological polar surface area (TPSA) is 52.6 Å². The molecule has 3 aromatic rings. The van der Waals surface area contributed by atoms with Crippen molar-refractivity contribution in [3.63, 3.8) is 0 Å². The Balaban J connectivity index is 1.76. The number of imide groups is 1. The molecule has 0 aromatic heterocycles. The molecule has 0 saturated carbocycles. The summed E-state index contributed by atoms with van der Waals surface area (Å²) in [6, 6.07) is 22.2. The van der Waals surface area contributed by atoms with Gasteiger partial charge in [0.1, 0.15) is 5.70 Å². The van der Waals surface area contributed by atoms with Crippen molar-refractivity contribution >= 4 is 46.1 Å². The van der Waals surface area contributed by atoms with Crippen LogP contribution in [0.4, 0.5) is 17.1 Å². The molecule has 0 radical (unpaired) electrons. The van der Waals surface area contributed by atoms with Gasteiger partial charge in [-0.1, -0.05) is 48.0 Å². The first-order valence-corrected chi connectivity index (χ1v) is 11.4. The summed E-state index contributed by atoms with van der Waals surface area (Å²) in [5.41, 5.74) is 4.34. The summed E-state index contributed by atoms with van der Waals surface area (Å²) in [6.45, 7) is 7.82. The zero-order valence-electron chi connectivity index (χ0n) is 18.9. The molecule has 2 amide bonds. The number of hydrogen-bond donors (Lipinski definition) is 1. The van der Waals surface area contributed by atoms with E-state index in [1.54, 1.807) is 6.07 Å². The van der Waals surface area contributed by atoms with Gasteiger partial charge in [0.15, 0.2) is 0 Å². The standard InChI is InChI=1S/C27H26ClN3O2/c1-4-30(5-2)20-14-16-21(17-15-20)31-26(32)24(19-10-7-6-8-11-19)25(27(31)33)29-23-13-9-12-22(28)18(23)3/h6-17,29H,4-5H2,1-3H3.